The van der Waals surface area contributed by atoms with Crippen molar-refractivity contribution in [2.45, 2.75) is 183 Å². The molecule has 0 spiro atoms. The van der Waals surface area contributed by atoms with Gasteiger partial charge in [0, 0.05) is 45.3 Å². The van der Waals surface area contributed by atoms with Gasteiger partial charge in [0.05, 0.1) is 12.6 Å². The molecule has 0 aromatic heterocycles. The average Bonchev–Trinajstić information content (AvgIpc) is 1.74. The number of primary amides is 3. The second kappa shape index (κ2) is 41.0. The normalized spacial score (nSPS) is 16.8. The number of guanidine groups is 1. The third kappa shape index (κ3) is 27.5. The first-order chi connectivity index (χ1) is 45.2. The van der Waals surface area contributed by atoms with Crippen LogP contribution in [0.1, 0.15) is 121 Å². The Balaban J connectivity index is 1.56. The first-order valence-electron chi connectivity index (χ1n) is 32.2. The minimum Gasteiger partial charge on any atom is -0.370 e. The van der Waals surface area contributed by atoms with Crippen LogP contribution in [0.15, 0.2) is 65.7 Å². The van der Waals surface area contributed by atoms with Crippen LogP contribution in [0.5, 0.6) is 0 Å². The number of nitrogens with two attached hydrogens (primary N) is 7. The number of thioether (sulfide) groups is 1. The molecule has 0 radical (unpaired) electrons. The number of rotatable bonds is 42. The zero-order valence-electron chi connectivity index (χ0n) is 54.5. The van der Waals surface area contributed by atoms with Gasteiger partial charge in [0.2, 0.25) is 76.8 Å². The Morgan fingerprint density at radius 1 is 0.537 bits per heavy atom. The third-order valence-electron chi connectivity index (χ3n) is 16.0. The van der Waals surface area contributed by atoms with Crippen LogP contribution in [0.25, 0.3) is 0 Å². The molecule has 0 saturated carbocycles. The van der Waals surface area contributed by atoms with Crippen molar-refractivity contribution in [2.24, 2.45) is 51.0 Å². The molecule has 32 heteroatoms. The van der Waals surface area contributed by atoms with Crippen molar-refractivity contribution in [3.63, 3.8) is 0 Å². The van der Waals surface area contributed by atoms with Crippen LogP contribution in [-0.4, -0.2) is 198 Å². The van der Waals surface area contributed by atoms with Crippen molar-refractivity contribution in [3.8, 4) is 0 Å². The lowest BCUT2D eigenvalue weighted by atomic mass is 10.0. The smallest absolute Gasteiger partial charge is 0.245 e. The standard InChI is InChI=1S/C63H98N18O13S/c1-37(2)33-45(57(89)74-41(53(68)85)27-32-95-3)73-52(84)36-72-54(86)46(34-38-15-6-4-7-16-38)78-58(90)47(35-39-17-8-5-9-18-39)79-56(88)42(23-25-50(66)82)75-55(87)43(24-26-51(67)83)76-59(91)49-22-14-31-81(49)62(94)44(20-10-11-28-64)77-60(92)48-21-13-30-80(48)61(93)40(65)19-12-29-71-63(69)70/h4-9,15-18,37,40-49H,10-14,19-36,64-65H2,1-3H3,(H2,66,82)(H2,67,83)(H2,68,85)(H,72,86)(H,73,84)(H,74,89)(H,75,87)(H,76,91)(H,77,92)(H,78,90)(H,79,88)(H4,69,70,71)/t40-,41-,42-,43-,44-,45-,46+,47-,48+,49-/m0/s1. The van der Waals surface area contributed by atoms with Crippen LogP contribution in [0.3, 0.4) is 0 Å². The molecule has 0 aliphatic carbocycles. The number of amides is 13. The summed E-state index contributed by atoms with van der Waals surface area (Å²) in [6.07, 6.45) is 3.12. The highest BCUT2D eigenvalue weighted by Crippen LogP contribution is 2.24. The van der Waals surface area contributed by atoms with E-state index in [0.29, 0.717) is 55.4 Å². The second-order valence-corrected chi connectivity index (χ2v) is 25.1. The summed E-state index contributed by atoms with van der Waals surface area (Å²) in [6.45, 7) is 3.86. The number of nitrogens with one attached hydrogen (secondary N) is 8. The predicted octanol–water partition coefficient (Wildman–Crippen LogP) is -3.71. The topological polar surface area (TPSA) is 519 Å². The molecule has 2 fully saturated rings. The Morgan fingerprint density at radius 2 is 1.01 bits per heavy atom. The Hall–Kier alpha value is -8.91. The molecule has 0 unspecified atom stereocenters. The molecule has 2 heterocycles. The molecule has 2 aromatic carbocycles. The van der Waals surface area contributed by atoms with E-state index in [4.69, 9.17) is 40.1 Å². The van der Waals surface area contributed by atoms with Gasteiger partial charge in [-0.1, -0.05) is 74.5 Å². The largest absolute Gasteiger partial charge is 0.370 e. The van der Waals surface area contributed by atoms with Crippen molar-refractivity contribution in [1.29, 1.82) is 0 Å². The van der Waals surface area contributed by atoms with E-state index in [2.05, 4.69) is 47.5 Å². The molecule has 2 saturated heterocycles. The van der Waals surface area contributed by atoms with Crippen LogP contribution in [0, 0.1) is 5.92 Å². The maximum absolute atomic E-state index is 14.7. The van der Waals surface area contributed by atoms with Gasteiger partial charge in [-0.05, 0) is 119 Å². The maximum atomic E-state index is 14.7. The van der Waals surface area contributed by atoms with E-state index in [1.54, 1.807) is 60.7 Å². The number of carbonyl (C=O) groups is 13. The van der Waals surface area contributed by atoms with E-state index in [1.165, 1.54) is 21.6 Å². The molecule has 31 nitrogen and oxygen atoms in total. The monoisotopic (exact) mass is 1350 g/mol. The van der Waals surface area contributed by atoms with E-state index >= 15 is 0 Å². The zero-order chi connectivity index (χ0) is 70.1. The van der Waals surface area contributed by atoms with Gasteiger partial charge in [-0.3, -0.25) is 67.3 Å². The van der Waals surface area contributed by atoms with Gasteiger partial charge < -0.3 is 92.5 Å². The van der Waals surface area contributed by atoms with Crippen molar-refractivity contribution in [1.82, 2.24) is 52.3 Å². The lowest BCUT2D eigenvalue weighted by Crippen LogP contribution is -2.60. The molecule has 13 amide bonds. The molecule has 95 heavy (non-hydrogen) atoms. The minimum absolute atomic E-state index is 0.0736. The second-order valence-electron chi connectivity index (χ2n) is 24.1. The number of aliphatic imine (C=N–C) groups is 1. The highest BCUT2D eigenvalue weighted by Gasteiger charge is 2.42. The minimum atomic E-state index is -1.64. The summed E-state index contributed by atoms with van der Waals surface area (Å²) in [5.74, 6) is -9.80. The van der Waals surface area contributed by atoms with Crippen LogP contribution in [-0.2, 0) is 75.2 Å². The first kappa shape index (κ1) is 78.5. The van der Waals surface area contributed by atoms with Gasteiger partial charge in [-0.15, -0.1) is 0 Å². The van der Waals surface area contributed by atoms with Gasteiger partial charge in [0.25, 0.3) is 0 Å². The Morgan fingerprint density at radius 3 is 1.51 bits per heavy atom. The fraction of sp³-hybridized carbons (Fsp3) is 0.587. The summed E-state index contributed by atoms with van der Waals surface area (Å²) >= 11 is 1.45. The predicted molar refractivity (Wildman–Crippen MR) is 356 cm³/mol. The van der Waals surface area contributed by atoms with Crippen molar-refractivity contribution < 1.29 is 62.3 Å². The van der Waals surface area contributed by atoms with Crippen LogP contribution < -0.4 is 82.7 Å². The molecule has 0 bridgehead atoms. The summed E-state index contributed by atoms with van der Waals surface area (Å²) in [5, 5.41) is 21.1. The third-order valence-corrected chi connectivity index (χ3v) is 16.7. The van der Waals surface area contributed by atoms with Crippen molar-refractivity contribution in [2.75, 3.05) is 44.7 Å². The molecule has 10 atom stereocenters. The highest BCUT2D eigenvalue weighted by atomic mass is 32.2. The number of likely N-dealkylation sites (tertiary alicyclic amines) is 2. The molecule has 524 valence electrons. The highest BCUT2D eigenvalue weighted by molar-refractivity contribution is 7.98. The van der Waals surface area contributed by atoms with Crippen LogP contribution >= 0.6 is 11.8 Å². The van der Waals surface area contributed by atoms with Crippen LogP contribution in [0.4, 0.5) is 0 Å². The first-order valence-corrected chi connectivity index (χ1v) is 33.6. The number of hydrogen-bond acceptors (Lipinski definition) is 17. The fourth-order valence-electron chi connectivity index (χ4n) is 11.0. The van der Waals surface area contributed by atoms with Crippen LogP contribution in [0.2, 0.25) is 0 Å². The average molecular weight is 1350 g/mol. The van der Waals surface area contributed by atoms with Gasteiger partial charge in [-0.2, -0.15) is 11.8 Å². The molecular formula is C63H98N18O13S. The van der Waals surface area contributed by atoms with E-state index < -0.39 is 169 Å². The SMILES string of the molecule is CSCC[C@H](NC(=O)[C@H](CC(C)C)NC(=O)CNC(=O)[C@@H](Cc1ccccc1)NC(=O)[C@H](Cc1ccccc1)NC(=O)[C@H](CCC(N)=O)NC(=O)[C@H](CCC(N)=O)NC(=O)[C@@H]1CCCN1C(=O)[C@H](CCCCN)NC(=O)[C@H]1CCCN1C(=O)[C@@H](N)CCCN=C(N)N)C(N)=O. The number of nitrogens with zero attached hydrogens (tertiary/aromatic N) is 3. The quantitative estimate of drug-likeness (QED) is 0.0173. The summed E-state index contributed by atoms with van der Waals surface area (Å²) in [4.78, 5) is 185. The number of carbonyl (C=O) groups excluding carboxylic acids is 13. The van der Waals surface area contributed by atoms with Gasteiger partial charge >= 0.3 is 0 Å². The van der Waals surface area contributed by atoms with Gasteiger partial charge in [-0.25, -0.2) is 0 Å². The summed E-state index contributed by atoms with van der Waals surface area (Å²) in [6, 6.07) is 4.51. The van der Waals surface area contributed by atoms with Crippen molar-refractivity contribution in [3.05, 3.63) is 71.8 Å². The lowest BCUT2D eigenvalue weighted by Gasteiger charge is -2.32. The Kier molecular flexibility index (Phi) is 33.9. The number of hydrogen-bond donors (Lipinski definition) is 15. The Bertz CT molecular complexity index is 2960. The van der Waals surface area contributed by atoms with E-state index in [1.807, 2.05) is 20.1 Å². The van der Waals surface area contributed by atoms with E-state index in [0.717, 1.165) is 0 Å². The van der Waals surface area contributed by atoms with E-state index in [-0.39, 0.29) is 83.0 Å². The number of benzene rings is 2. The molecule has 22 N–H and O–H groups in total. The van der Waals surface area contributed by atoms with Gasteiger partial charge in [0.1, 0.15) is 54.4 Å². The van der Waals surface area contributed by atoms with Gasteiger partial charge in [0.15, 0.2) is 5.96 Å². The fourth-order valence-corrected chi connectivity index (χ4v) is 11.5. The summed E-state index contributed by atoms with van der Waals surface area (Å²) < 4.78 is 0. The zero-order valence-corrected chi connectivity index (χ0v) is 55.3. The maximum Gasteiger partial charge on any atom is 0.245 e. The molecule has 2 aliphatic rings. The Labute approximate surface area is 558 Å². The lowest BCUT2D eigenvalue weighted by molar-refractivity contribution is -0.144. The molecular weight excluding hydrogens is 1250 g/mol. The van der Waals surface area contributed by atoms with Crippen molar-refractivity contribution >= 4 is 94.5 Å². The van der Waals surface area contributed by atoms with E-state index in [9.17, 15) is 62.3 Å². The summed E-state index contributed by atoms with van der Waals surface area (Å²) in [5.41, 5.74) is 40.6. The molecule has 2 aromatic rings. The number of unbranched alkanes of at least 4 members (excludes halogenated alkanes) is 1. The molecule has 4 rings (SSSR count). The molecule has 2 aliphatic heterocycles. The summed E-state index contributed by atoms with van der Waals surface area (Å²) in [7, 11) is 0.